The number of nitrogens with zero attached hydrogens (tertiary/aromatic N) is 2. The minimum Gasteiger partial charge on any atom is -0.492 e. The molecule has 2 aromatic heterocycles. The molecule has 242 valence electrons. The molecule has 0 radical (unpaired) electrons. The third-order valence-electron chi connectivity index (χ3n) is 7.90. The molecule has 1 aliphatic rings. The van der Waals surface area contributed by atoms with Crippen LogP contribution in [0.1, 0.15) is 46.4 Å². The number of fused-ring (bicyclic) bond motifs is 3. The molecular formula is C39H40N2O6. The van der Waals surface area contributed by atoms with Crippen molar-refractivity contribution in [3.8, 4) is 22.8 Å². The molecule has 8 nitrogen and oxygen atoms in total. The average molecular weight is 633 g/mol. The second-order valence-corrected chi connectivity index (χ2v) is 11.3. The number of esters is 2. The molecule has 0 saturated heterocycles. The fourth-order valence-electron chi connectivity index (χ4n) is 5.43. The normalized spacial score (nSPS) is 11.2. The molecule has 0 atom stereocenters. The summed E-state index contributed by atoms with van der Waals surface area (Å²) in [6.07, 6.45) is 11.7. The first-order valence-electron chi connectivity index (χ1n) is 16.0. The van der Waals surface area contributed by atoms with Crippen LogP contribution in [0.25, 0.3) is 11.1 Å². The zero-order valence-corrected chi connectivity index (χ0v) is 26.6. The van der Waals surface area contributed by atoms with Crippen molar-refractivity contribution in [2.75, 3.05) is 26.4 Å². The molecule has 1 aliphatic carbocycles. The van der Waals surface area contributed by atoms with E-state index in [9.17, 15) is 9.59 Å². The van der Waals surface area contributed by atoms with E-state index in [-0.39, 0.29) is 0 Å². The van der Waals surface area contributed by atoms with Crippen LogP contribution < -0.4 is 9.47 Å². The number of carbonyl (C=O) groups excluding carboxylic acids is 2. The number of benzene rings is 2. The molecule has 2 heterocycles. The zero-order valence-electron chi connectivity index (χ0n) is 26.6. The summed E-state index contributed by atoms with van der Waals surface area (Å²) in [4.78, 5) is 31.1. The third kappa shape index (κ3) is 9.87. The van der Waals surface area contributed by atoms with E-state index >= 15 is 0 Å². The minimum absolute atomic E-state index is 0.294. The van der Waals surface area contributed by atoms with Crippen molar-refractivity contribution in [1.29, 1.82) is 0 Å². The lowest BCUT2D eigenvalue weighted by molar-refractivity contribution is -0.138. The summed E-state index contributed by atoms with van der Waals surface area (Å²) in [6, 6.07) is 21.6. The molecule has 0 unspecified atom stereocenters. The molecule has 0 saturated carbocycles. The molecule has 0 amide bonds. The number of hydrogen-bond donors (Lipinski definition) is 0. The monoisotopic (exact) mass is 632 g/mol. The Morgan fingerprint density at radius 3 is 1.81 bits per heavy atom. The highest BCUT2D eigenvalue weighted by atomic mass is 16.5. The maximum absolute atomic E-state index is 11.1. The number of aryl methyl sites for hydroxylation is 4. The van der Waals surface area contributed by atoms with E-state index in [1.54, 1.807) is 6.20 Å². The largest absolute Gasteiger partial charge is 0.492 e. The molecule has 0 N–H and O–H groups in total. The number of pyridine rings is 2. The summed E-state index contributed by atoms with van der Waals surface area (Å²) >= 11 is 0. The Morgan fingerprint density at radius 2 is 1.23 bits per heavy atom. The van der Waals surface area contributed by atoms with Crippen LogP contribution in [-0.2, 0) is 51.2 Å². The number of aromatic nitrogens is 2. The highest BCUT2D eigenvalue weighted by molar-refractivity contribution is 5.81. The van der Waals surface area contributed by atoms with Gasteiger partial charge in [-0.15, -0.1) is 0 Å². The average Bonchev–Trinajstić information content (AvgIpc) is 3.47. The predicted octanol–water partition coefficient (Wildman–Crippen LogP) is 6.61. The standard InChI is InChI=1S/C39H40N2O6/c1-3-38(42)46-21-5-19-44-34-15-14-33(40-27-34)13-9-29-11-17-36-32(24-29)25-31-23-28(10-16-35(31)36)7-8-30-12-18-37(41-26-30)45-20-6-22-47-39(43)4-2/h3-4,10-12,14-18,23-24,26-27H,1-2,5-9,13,19-22,25H2. The summed E-state index contributed by atoms with van der Waals surface area (Å²) in [5.41, 5.74) is 10.2. The summed E-state index contributed by atoms with van der Waals surface area (Å²) in [7, 11) is 0. The van der Waals surface area contributed by atoms with Gasteiger partial charge in [-0.3, -0.25) is 4.98 Å². The Labute approximate surface area is 276 Å². The highest BCUT2D eigenvalue weighted by Gasteiger charge is 2.19. The molecule has 0 spiro atoms. The second kappa shape index (κ2) is 16.9. The van der Waals surface area contributed by atoms with Gasteiger partial charge in [0.1, 0.15) is 5.75 Å². The Bertz CT molecular complexity index is 1560. The Morgan fingerprint density at radius 1 is 0.638 bits per heavy atom. The van der Waals surface area contributed by atoms with Gasteiger partial charge in [0, 0.05) is 43.0 Å². The minimum atomic E-state index is -0.425. The van der Waals surface area contributed by atoms with Crippen LogP contribution in [-0.4, -0.2) is 48.3 Å². The lowest BCUT2D eigenvalue weighted by Crippen LogP contribution is -2.07. The quantitative estimate of drug-likeness (QED) is 0.0605. The van der Waals surface area contributed by atoms with Crippen molar-refractivity contribution in [1.82, 2.24) is 9.97 Å². The van der Waals surface area contributed by atoms with E-state index in [4.69, 9.17) is 18.9 Å². The van der Waals surface area contributed by atoms with Crippen molar-refractivity contribution < 1.29 is 28.5 Å². The van der Waals surface area contributed by atoms with E-state index in [1.807, 2.05) is 24.4 Å². The number of rotatable bonds is 18. The lowest BCUT2D eigenvalue weighted by atomic mass is 9.99. The molecule has 0 aliphatic heterocycles. The predicted molar refractivity (Wildman–Crippen MR) is 181 cm³/mol. The van der Waals surface area contributed by atoms with Crippen LogP contribution in [0.2, 0.25) is 0 Å². The molecule has 5 rings (SSSR count). The van der Waals surface area contributed by atoms with E-state index in [0.29, 0.717) is 50.9 Å². The first-order valence-corrected chi connectivity index (χ1v) is 16.0. The van der Waals surface area contributed by atoms with Gasteiger partial charge in [0.25, 0.3) is 0 Å². The third-order valence-corrected chi connectivity index (χ3v) is 7.90. The lowest BCUT2D eigenvalue weighted by Gasteiger charge is -2.08. The summed E-state index contributed by atoms with van der Waals surface area (Å²) in [5, 5.41) is 0. The summed E-state index contributed by atoms with van der Waals surface area (Å²) in [6.45, 7) is 8.23. The van der Waals surface area contributed by atoms with Crippen molar-refractivity contribution in [3.63, 3.8) is 0 Å². The van der Waals surface area contributed by atoms with Gasteiger partial charge in [0.15, 0.2) is 0 Å². The van der Waals surface area contributed by atoms with Gasteiger partial charge in [-0.05, 0) is 83.2 Å². The zero-order chi connectivity index (χ0) is 32.8. The van der Waals surface area contributed by atoms with Crippen molar-refractivity contribution >= 4 is 11.9 Å². The summed E-state index contributed by atoms with van der Waals surface area (Å²) in [5.74, 6) is 0.424. The van der Waals surface area contributed by atoms with Crippen molar-refractivity contribution in [2.24, 2.45) is 0 Å². The highest BCUT2D eigenvalue weighted by Crippen LogP contribution is 2.37. The van der Waals surface area contributed by atoms with E-state index in [1.165, 1.54) is 33.4 Å². The van der Waals surface area contributed by atoms with E-state index < -0.39 is 11.9 Å². The maximum Gasteiger partial charge on any atom is 0.330 e. The van der Waals surface area contributed by atoms with Gasteiger partial charge < -0.3 is 18.9 Å². The molecule has 2 aromatic carbocycles. The van der Waals surface area contributed by atoms with Crippen LogP contribution in [0.3, 0.4) is 0 Å². The topological polar surface area (TPSA) is 96.8 Å². The van der Waals surface area contributed by atoms with Gasteiger partial charge in [0.05, 0.1) is 32.6 Å². The van der Waals surface area contributed by atoms with Crippen molar-refractivity contribution in [2.45, 2.75) is 44.9 Å². The smallest absolute Gasteiger partial charge is 0.330 e. The second-order valence-electron chi connectivity index (χ2n) is 11.3. The fraction of sp³-hybridized carbons (Fsp3) is 0.282. The maximum atomic E-state index is 11.1. The first-order chi connectivity index (χ1) is 23.0. The Hall–Kier alpha value is -5.24. The first kappa shape index (κ1) is 33.1. The van der Waals surface area contributed by atoms with Crippen LogP contribution in [0, 0.1) is 0 Å². The van der Waals surface area contributed by atoms with Crippen LogP contribution in [0.4, 0.5) is 0 Å². The molecule has 4 aromatic rings. The fourth-order valence-corrected chi connectivity index (χ4v) is 5.43. The molecule has 0 bridgehead atoms. The molecule has 8 heteroatoms. The van der Waals surface area contributed by atoms with Crippen LogP contribution in [0.15, 0.2) is 98.4 Å². The van der Waals surface area contributed by atoms with Gasteiger partial charge in [-0.2, -0.15) is 0 Å². The van der Waals surface area contributed by atoms with Gasteiger partial charge in [-0.1, -0.05) is 55.6 Å². The molecule has 47 heavy (non-hydrogen) atoms. The molecule has 0 fully saturated rings. The number of ether oxygens (including phenoxy) is 4. The number of carbonyl (C=O) groups is 2. The Balaban J connectivity index is 1.05. The van der Waals surface area contributed by atoms with Gasteiger partial charge in [-0.25, -0.2) is 14.6 Å². The van der Waals surface area contributed by atoms with E-state index in [0.717, 1.165) is 55.5 Å². The van der Waals surface area contributed by atoms with Crippen LogP contribution >= 0.6 is 0 Å². The van der Waals surface area contributed by atoms with E-state index in [2.05, 4.69) is 65.6 Å². The van der Waals surface area contributed by atoms with Crippen LogP contribution in [0.5, 0.6) is 11.6 Å². The van der Waals surface area contributed by atoms with Gasteiger partial charge in [0.2, 0.25) is 5.88 Å². The molecular weight excluding hydrogens is 592 g/mol. The van der Waals surface area contributed by atoms with Gasteiger partial charge >= 0.3 is 11.9 Å². The van der Waals surface area contributed by atoms with Crippen molar-refractivity contribution in [3.05, 3.63) is 132 Å². The Kier molecular flexibility index (Phi) is 11.9. The summed E-state index contributed by atoms with van der Waals surface area (Å²) < 4.78 is 21.2. The number of hydrogen-bond acceptors (Lipinski definition) is 8. The SMILES string of the molecule is C=CC(=O)OCCCOc1ccc(CCc2ccc3c(c2)Cc2cc(CCc4ccc(OCCCOC(=O)C=C)nc4)ccc2-3)nc1.